The highest BCUT2D eigenvalue weighted by Gasteiger charge is 2.43. The van der Waals surface area contributed by atoms with Gasteiger partial charge >= 0.3 is 0 Å². The van der Waals surface area contributed by atoms with Crippen LogP contribution in [0.3, 0.4) is 0 Å². The summed E-state index contributed by atoms with van der Waals surface area (Å²) in [6, 6.07) is 0. The van der Waals surface area contributed by atoms with E-state index in [1.165, 1.54) is 57.2 Å². The molecule has 1 saturated carbocycles. The Bertz CT molecular complexity index is 569. The van der Waals surface area contributed by atoms with E-state index in [-0.39, 0.29) is 18.1 Å². The maximum atomic E-state index is 10.6. The second-order valence-corrected chi connectivity index (χ2v) is 10.4. The van der Waals surface area contributed by atoms with Crippen LogP contribution in [0.4, 0.5) is 0 Å². The van der Waals surface area contributed by atoms with Crippen molar-refractivity contribution < 1.29 is 14.9 Å². The molecule has 2 N–H and O–H groups in total. The van der Waals surface area contributed by atoms with Gasteiger partial charge in [0.2, 0.25) is 0 Å². The van der Waals surface area contributed by atoms with E-state index in [0.717, 1.165) is 45.4 Å². The van der Waals surface area contributed by atoms with E-state index < -0.39 is 0 Å². The van der Waals surface area contributed by atoms with Gasteiger partial charge in [0.25, 0.3) is 0 Å². The van der Waals surface area contributed by atoms with Crippen molar-refractivity contribution in [2.45, 2.75) is 90.3 Å². The molecular weight excluding hydrogens is 386 g/mol. The van der Waals surface area contributed by atoms with Crippen molar-refractivity contribution >= 4 is 0 Å². The molecule has 2 fully saturated rings. The second kappa shape index (κ2) is 13.1. The Hall–Kier alpha value is -0.680. The standard InChI is InChI=1S/C27H47NO3/c1-3-4-8-21(2)17-24(29)9-10-25-26-19-22(18-23(26)20-27(25)30)11-15-31-16-14-28-12-6-5-7-13-28/h9-10,18,21,23-27,29-30H,3-8,11-17,19-20H2,1-2H3/b10-9+/t21-,23-,24+,25+,26-,27+/m0/s1. The first-order valence-electron chi connectivity index (χ1n) is 13.1. The summed E-state index contributed by atoms with van der Waals surface area (Å²) >= 11 is 0. The molecule has 0 radical (unpaired) electrons. The van der Waals surface area contributed by atoms with Gasteiger partial charge in [-0.05, 0) is 69.4 Å². The van der Waals surface area contributed by atoms with Crippen LogP contribution >= 0.6 is 0 Å². The van der Waals surface area contributed by atoms with Gasteiger partial charge < -0.3 is 19.8 Å². The second-order valence-electron chi connectivity index (χ2n) is 10.4. The Morgan fingerprint density at radius 3 is 2.81 bits per heavy atom. The number of rotatable bonds is 13. The van der Waals surface area contributed by atoms with Crippen LogP contribution in [0.5, 0.6) is 0 Å². The van der Waals surface area contributed by atoms with Crippen LogP contribution < -0.4 is 0 Å². The van der Waals surface area contributed by atoms with Gasteiger partial charge in [-0.15, -0.1) is 0 Å². The monoisotopic (exact) mass is 433 g/mol. The molecule has 0 amide bonds. The minimum Gasteiger partial charge on any atom is -0.392 e. The van der Waals surface area contributed by atoms with Gasteiger partial charge in [-0.25, -0.2) is 0 Å². The highest BCUT2D eigenvalue weighted by atomic mass is 16.5. The van der Waals surface area contributed by atoms with Crippen LogP contribution in [0.2, 0.25) is 0 Å². The lowest BCUT2D eigenvalue weighted by Gasteiger charge is -2.26. The SMILES string of the molecule is CCCC[C@H](C)C[C@H](O)/C=C/[C@@H]1[C@H]2CC(CCOCCN3CCCCC3)=C[C@H]2C[C@H]1O. The summed E-state index contributed by atoms with van der Waals surface area (Å²) in [6.45, 7) is 9.66. The minimum absolute atomic E-state index is 0.180. The Morgan fingerprint density at radius 2 is 2.03 bits per heavy atom. The average Bonchev–Trinajstić information content (AvgIpc) is 3.27. The zero-order valence-electron chi connectivity index (χ0n) is 20.1. The molecule has 1 saturated heterocycles. The van der Waals surface area contributed by atoms with E-state index >= 15 is 0 Å². The summed E-state index contributed by atoms with van der Waals surface area (Å²) in [5, 5.41) is 21.0. The van der Waals surface area contributed by atoms with Gasteiger partial charge in [-0.2, -0.15) is 0 Å². The van der Waals surface area contributed by atoms with Gasteiger partial charge in [0.05, 0.1) is 25.4 Å². The van der Waals surface area contributed by atoms with Gasteiger partial charge in [0.1, 0.15) is 0 Å². The molecule has 6 atom stereocenters. The Morgan fingerprint density at radius 1 is 1.23 bits per heavy atom. The molecule has 178 valence electrons. The fourth-order valence-corrected chi connectivity index (χ4v) is 5.89. The highest BCUT2D eigenvalue weighted by molar-refractivity contribution is 5.21. The zero-order chi connectivity index (χ0) is 22.1. The minimum atomic E-state index is -0.389. The lowest BCUT2D eigenvalue weighted by atomic mass is 9.88. The number of likely N-dealkylation sites (tertiary alicyclic amines) is 1. The Kier molecular flexibility index (Phi) is 10.6. The number of hydrogen-bond donors (Lipinski definition) is 2. The van der Waals surface area contributed by atoms with E-state index in [2.05, 4.69) is 30.9 Å². The van der Waals surface area contributed by atoms with Crippen LogP contribution in [-0.2, 0) is 4.74 Å². The lowest BCUT2D eigenvalue weighted by Crippen LogP contribution is -2.32. The summed E-state index contributed by atoms with van der Waals surface area (Å²) in [6.07, 6.45) is 17.3. The summed E-state index contributed by atoms with van der Waals surface area (Å²) in [4.78, 5) is 2.53. The molecule has 0 bridgehead atoms. The number of piperidine rings is 1. The van der Waals surface area contributed by atoms with Crippen LogP contribution in [0, 0.1) is 23.7 Å². The van der Waals surface area contributed by atoms with Gasteiger partial charge in [0.15, 0.2) is 0 Å². The molecule has 1 aliphatic heterocycles. The number of unbranched alkanes of at least 4 members (excludes halogenated alkanes) is 1. The van der Waals surface area contributed by atoms with E-state index in [1.807, 2.05) is 6.08 Å². The number of allylic oxidation sites excluding steroid dienone is 1. The number of fused-ring (bicyclic) bond motifs is 1. The lowest BCUT2D eigenvalue weighted by molar-refractivity contribution is 0.0978. The molecule has 0 aromatic heterocycles. The molecule has 4 heteroatoms. The molecule has 3 rings (SSSR count). The predicted molar refractivity (Wildman–Crippen MR) is 128 cm³/mol. The third kappa shape index (κ3) is 7.99. The van der Waals surface area contributed by atoms with E-state index in [9.17, 15) is 10.2 Å². The Labute approximate surface area is 190 Å². The topological polar surface area (TPSA) is 52.9 Å². The summed E-state index contributed by atoms with van der Waals surface area (Å²) in [7, 11) is 0. The smallest absolute Gasteiger partial charge is 0.0723 e. The van der Waals surface area contributed by atoms with E-state index in [1.54, 1.807) is 0 Å². The highest BCUT2D eigenvalue weighted by Crippen LogP contribution is 2.48. The molecule has 1 heterocycles. The van der Waals surface area contributed by atoms with Crippen molar-refractivity contribution in [3.8, 4) is 0 Å². The first-order chi connectivity index (χ1) is 15.1. The van der Waals surface area contributed by atoms with Crippen LogP contribution in [-0.4, -0.2) is 60.2 Å². The van der Waals surface area contributed by atoms with Gasteiger partial charge in [0, 0.05) is 12.5 Å². The number of aliphatic hydroxyl groups excluding tert-OH is 2. The van der Waals surface area contributed by atoms with Gasteiger partial charge in [-0.1, -0.05) is 63.3 Å². The van der Waals surface area contributed by atoms with E-state index in [4.69, 9.17) is 4.74 Å². The summed E-state index contributed by atoms with van der Waals surface area (Å²) < 4.78 is 5.93. The normalized spacial score (nSPS) is 31.2. The summed E-state index contributed by atoms with van der Waals surface area (Å²) in [5.74, 6) is 1.72. The van der Waals surface area contributed by atoms with Crippen molar-refractivity contribution in [3.05, 3.63) is 23.8 Å². The zero-order valence-corrected chi connectivity index (χ0v) is 20.1. The van der Waals surface area contributed by atoms with Crippen molar-refractivity contribution in [2.24, 2.45) is 23.7 Å². The van der Waals surface area contributed by atoms with Crippen molar-refractivity contribution in [2.75, 3.05) is 32.8 Å². The maximum absolute atomic E-state index is 10.6. The van der Waals surface area contributed by atoms with Crippen molar-refractivity contribution in [3.63, 3.8) is 0 Å². The first kappa shape index (κ1) is 25.0. The van der Waals surface area contributed by atoms with Crippen LogP contribution in [0.15, 0.2) is 23.8 Å². The number of aliphatic hydroxyl groups is 2. The third-order valence-corrected chi connectivity index (χ3v) is 7.77. The third-order valence-electron chi connectivity index (χ3n) is 7.77. The molecule has 0 aromatic carbocycles. The average molecular weight is 434 g/mol. The number of hydrogen-bond acceptors (Lipinski definition) is 4. The van der Waals surface area contributed by atoms with Crippen LogP contribution in [0.1, 0.15) is 78.1 Å². The summed E-state index contributed by atoms with van der Waals surface area (Å²) in [5.41, 5.74) is 1.51. The van der Waals surface area contributed by atoms with Crippen LogP contribution in [0.25, 0.3) is 0 Å². The molecule has 3 aliphatic rings. The molecule has 0 unspecified atom stereocenters. The van der Waals surface area contributed by atoms with E-state index in [0.29, 0.717) is 17.8 Å². The number of ether oxygens (including phenoxy) is 1. The molecule has 4 nitrogen and oxygen atoms in total. The molecule has 2 aliphatic carbocycles. The van der Waals surface area contributed by atoms with Gasteiger partial charge in [-0.3, -0.25) is 0 Å². The van der Waals surface area contributed by atoms with Crippen molar-refractivity contribution in [1.82, 2.24) is 4.90 Å². The number of nitrogens with zero attached hydrogens (tertiary/aromatic N) is 1. The molecular formula is C27H47NO3. The molecule has 0 aromatic rings. The first-order valence-corrected chi connectivity index (χ1v) is 13.1. The maximum Gasteiger partial charge on any atom is 0.0723 e. The largest absolute Gasteiger partial charge is 0.392 e. The Balaban J connectivity index is 1.35. The molecule has 31 heavy (non-hydrogen) atoms. The predicted octanol–water partition coefficient (Wildman–Crippen LogP) is 4.96. The fourth-order valence-electron chi connectivity index (χ4n) is 5.89. The quantitative estimate of drug-likeness (QED) is 0.318. The molecule has 0 spiro atoms. The van der Waals surface area contributed by atoms with Crippen molar-refractivity contribution in [1.29, 1.82) is 0 Å². The fraction of sp³-hybridized carbons (Fsp3) is 0.852.